The number of amides is 2. The lowest BCUT2D eigenvalue weighted by Crippen LogP contribution is -2.46. The van der Waals surface area contributed by atoms with E-state index in [4.69, 9.17) is 9.47 Å². The van der Waals surface area contributed by atoms with Crippen LogP contribution in [0.4, 0.5) is 4.79 Å². The van der Waals surface area contributed by atoms with Gasteiger partial charge in [0.1, 0.15) is 0 Å². The summed E-state index contributed by atoms with van der Waals surface area (Å²) in [5.74, 6) is 0.324. The number of carbonyl (C=O) groups excluding carboxylic acids is 1. The monoisotopic (exact) mass is 304 g/mol. The van der Waals surface area contributed by atoms with Crippen molar-refractivity contribution in [3.8, 4) is 0 Å². The molecule has 0 aliphatic carbocycles. The van der Waals surface area contributed by atoms with Gasteiger partial charge in [-0.3, -0.25) is 0 Å². The quantitative estimate of drug-likeness (QED) is 0.897. The van der Waals surface area contributed by atoms with Gasteiger partial charge in [-0.1, -0.05) is 30.3 Å². The second-order valence-corrected chi connectivity index (χ2v) is 6.08. The Balaban J connectivity index is 1.49. The lowest BCUT2D eigenvalue weighted by molar-refractivity contribution is 0.0907. The van der Waals surface area contributed by atoms with Gasteiger partial charge in [-0.15, -0.1) is 0 Å². The van der Waals surface area contributed by atoms with E-state index in [9.17, 15) is 4.79 Å². The summed E-state index contributed by atoms with van der Waals surface area (Å²) >= 11 is 0. The molecule has 5 heteroatoms. The number of hydrogen-bond donors (Lipinski definition) is 2. The maximum Gasteiger partial charge on any atom is 0.315 e. The van der Waals surface area contributed by atoms with E-state index >= 15 is 0 Å². The molecule has 2 aliphatic heterocycles. The molecule has 2 heterocycles. The van der Waals surface area contributed by atoms with Crippen LogP contribution in [0.15, 0.2) is 30.3 Å². The van der Waals surface area contributed by atoms with Crippen LogP contribution in [-0.4, -0.2) is 37.9 Å². The molecule has 0 aromatic heterocycles. The van der Waals surface area contributed by atoms with Crippen molar-refractivity contribution in [2.75, 3.05) is 19.8 Å². The lowest BCUT2D eigenvalue weighted by atomic mass is 9.95. The fraction of sp³-hybridized carbons (Fsp3) is 0.588. The molecule has 2 saturated heterocycles. The summed E-state index contributed by atoms with van der Waals surface area (Å²) in [4.78, 5) is 12.0. The van der Waals surface area contributed by atoms with Gasteiger partial charge >= 0.3 is 6.03 Å². The van der Waals surface area contributed by atoms with Gasteiger partial charge in [-0.25, -0.2) is 4.79 Å². The highest BCUT2D eigenvalue weighted by Gasteiger charge is 2.30. The normalized spacial score (nSPS) is 31.1. The van der Waals surface area contributed by atoms with Crippen LogP contribution in [0.2, 0.25) is 0 Å². The lowest BCUT2D eigenvalue weighted by Gasteiger charge is -2.21. The highest BCUT2D eigenvalue weighted by molar-refractivity contribution is 5.74. The maximum absolute atomic E-state index is 12.0. The molecule has 22 heavy (non-hydrogen) atoms. The number of nitrogens with one attached hydrogen (secondary N) is 2. The Labute approximate surface area is 131 Å². The van der Waals surface area contributed by atoms with Gasteiger partial charge < -0.3 is 20.1 Å². The zero-order valence-electron chi connectivity index (χ0n) is 13.0. The molecule has 2 N–H and O–H groups in total. The minimum absolute atomic E-state index is 0.0789. The number of benzene rings is 1. The van der Waals surface area contributed by atoms with E-state index < -0.39 is 0 Å². The first-order valence-corrected chi connectivity index (χ1v) is 8.06. The molecular formula is C17H24N2O3. The molecule has 0 saturated carbocycles. The third-order valence-corrected chi connectivity index (χ3v) is 4.56. The smallest absolute Gasteiger partial charge is 0.315 e. The van der Waals surface area contributed by atoms with Gasteiger partial charge in [0.25, 0.3) is 0 Å². The average Bonchev–Trinajstić information content (AvgIpc) is 3.16. The SMILES string of the molecule is C[C@@H]1OCC[C@H]1NC(=O)NC[C@H]1CCO[C@@H]1c1ccccc1. The van der Waals surface area contributed by atoms with Crippen molar-refractivity contribution in [3.05, 3.63) is 35.9 Å². The van der Waals surface area contributed by atoms with Gasteiger partial charge in [-0.05, 0) is 25.3 Å². The fourth-order valence-electron chi connectivity index (χ4n) is 3.22. The zero-order valence-corrected chi connectivity index (χ0v) is 13.0. The number of hydrogen-bond acceptors (Lipinski definition) is 3. The summed E-state index contributed by atoms with van der Waals surface area (Å²) in [6, 6.07) is 10.2. The first-order valence-electron chi connectivity index (χ1n) is 8.06. The largest absolute Gasteiger partial charge is 0.376 e. The first kappa shape index (κ1) is 15.3. The Morgan fingerprint density at radius 3 is 2.68 bits per heavy atom. The predicted molar refractivity (Wildman–Crippen MR) is 83.6 cm³/mol. The minimum Gasteiger partial charge on any atom is -0.376 e. The van der Waals surface area contributed by atoms with Crippen LogP contribution < -0.4 is 10.6 Å². The molecule has 0 bridgehead atoms. The summed E-state index contributed by atoms with van der Waals surface area (Å²) in [5, 5.41) is 5.98. The van der Waals surface area contributed by atoms with Gasteiger partial charge in [0, 0.05) is 25.7 Å². The summed E-state index contributed by atoms with van der Waals surface area (Å²) in [6.45, 7) is 4.10. The van der Waals surface area contributed by atoms with Crippen LogP contribution >= 0.6 is 0 Å². The topological polar surface area (TPSA) is 59.6 Å². The van der Waals surface area contributed by atoms with E-state index in [1.807, 2.05) is 25.1 Å². The molecule has 3 rings (SSSR count). The Bertz CT molecular complexity index is 494. The number of rotatable bonds is 4. The Kier molecular flexibility index (Phi) is 4.95. The number of ether oxygens (including phenoxy) is 2. The van der Waals surface area contributed by atoms with E-state index in [1.165, 1.54) is 5.56 Å². The second-order valence-electron chi connectivity index (χ2n) is 6.08. The van der Waals surface area contributed by atoms with Crippen LogP contribution in [-0.2, 0) is 9.47 Å². The van der Waals surface area contributed by atoms with Crippen molar-refractivity contribution < 1.29 is 14.3 Å². The van der Waals surface area contributed by atoms with Crippen LogP contribution in [0.25, 0.3) is 0 Å². The van der Waals surface area contributed by atoms with E-state index in [2.05, 4.69) is 22.8 Å². The molecule has 1 aromatic carbocycles. The molecule has 1 aromatic rings. The zero-order chi connectivity index (χ0) is 15.4. The molecule has 2 amide bonds. The summed E-state index contributed by atoms with van der Waals surface area (Å²) in [5.41, 5.74) is 1.19. The van der Waals surface area contributed by atoms with Gasteiger partial charge in [-0.2, -0.15) is 0 Å². The first-order chi connectivity index (χ1) is 10.7. The maximum atomic E-state index is 12.0. The second kappa shape index (κ2) is 7.11. The molecule has 5 nitrogen and oxygen atoms in total. The Morgan fingerprint density at radius 1 is 1.18 bits per heavy atom. The van der Waals surface area contributed by atoms with E-state index in [0.29, 0.717) is 12.5 Å². The standard InChI is InChI=1S/C17H24N2O3/c1-12-15(8-10-21-12)19-17(20)18-11-14-7-9-22-16(14)13-5-3-2-4-6-13/h2-6,12,14-16H,7-11H2,1H3,(H2,18,19,20)/t12-,14+,15+,16+/m0/s1. The Morgan fingerprint density at radius 2 is 1.95 bits per heavy atom. The number of urea groups is 1. The van der Waals surface area contributed by atoms with Crippen LogP contribution in [0.5, 0.6) is 0 Å². The third kappa shape index (κ3) is 3.59. The average molecular weight is 304 g/mol. The van der Waals surface area contributed by atoms with E-state index in [-0.39, 0.29) is 24.3 Å². The molecule has 0 radical (unpaired) electrons. The predicted octanol–water partition coefficient (Wildman–Crippen LogP) is 2.24. The van der Waals surface area contributed by atoms with Crippen molar-refractivity contribution >= 4 is 6.03 Å². The summed E-state index contributed by atoms with van der Waals surface area (Å²) in [7, 11) is 0. The molecule has 0 unspecified atom stereocenters. The van der Waals surface area contributed by atoms with Crippen molar-refractivity contribution in [1.82, 2.24) is 10.6 Å². The highest BCUT2D eigenvalue weighted by Crippen LogP contribution is 2.33. The van der Waals surface area contributed by atoms with Crippen LogP contribution in [0.1, 0.15) is 31.4 Å². The van der Waals surface area contributed by atoms with E-state index in [0.717, 1.165) is 26.1 Å². The molecule has 4 atom stereocenters. The fourth-order valence-corrected chi connectivity index (χ4v) is 3.22. The van der Waals surface area contributed by atoms with Crippen molar-refractivity contribution in [3.63, 3.8) is 0 Å². The van der Waals surface area contributed by atoms with Crippen molar-refractivity contribution in [2.24, 2.45) is 5.92 Å². The molecule has 2 aliphatic rings. The molecule has 120 valence electrons. The summed E-state index contributed by atoms with van der Waals surface area (Å²) < 4.78 is 11.3. The van der Waals surface area contributed by atoms with Crippen molar-refractivity contribution in [1.29, 1.82) is 0 Å². The van der Waals surface area contributed by atoms with Gasteiger partial charge in [0.15, 0.2) is 0 Å². The van der Waals surface area contributed by atoms with Gasteiger partial charge in [0.2, 0.25) is 0 Å². The number of carbonyl (C=O) groups is 1. The molecular weight excluding hydrogens is 280 g/mol. The van der Waals surface area contributed by atoms with Crippen LogP contribution in [0.3, 0.4) is 0 Å². The van der Waals surface area contributed by atoms with Gasteiger partial charge in [0.05, 0.1) is 18.2 Å². The van der Waals surface area contributed by atoms with Crippen molar-refractivity contribution in [2.45, 2.75) is 38.0 Å². The summed E-state index contributed by atoms with van der Waals surface area (Å²) in [6.07, 6.45) is 2.03. The minimum atomic E-state index is -0.110. The van der Waals surface area contributed by atoms with Crippen LogP contribution in [0, 0.1) is 5.92 Å². The van der Waals surface area contributed by atoms with E-state index in [1.54, 1.807) is 0 Å². The molecule has 2 fully saturated rings. The Hall–Kier alpha value is -1.59. The highest BCUT2D eigenvalue weighted by atomic mass is 16.5. The third-order valence-electron chi connectivity index (χ3n) is 4.56. The molecule has 0 spiro atoms.